The number of nitrogens with one attached hydrogen (secondary N) is 1. The molecule has 0 rings (SSSR count). The molecule has 1 amide bonds. The summed E-state index contributed by atoms with van der Waals surface area (Å²) in [4.78, 5) is 13.3. The first-order chi connectivity index (χ1) is 7.49. The molecular formula is C11H24N2O3. The van der Waals surface area contributed by atoms with Gasteiger partial charge in [0.2, 0.25) is 5.91 Å². The number of hydrogen-bond acceptors (Lipinski definition) is 4. The number of methoxy groups -OCH3 is 1. The van der Waals surface area contributed by atoms with Crippen molar-refractivity contribution >= 4 is 5.91 Å². The van der Waals surface area contributed by atoms with Crippen molar-refractivity contribution in [2.45, 2.75) is 32.4 Å². The van der Waals surface area contributed by atoms with E-state index in [4.69, 9.17) is 4.74 Å². The van der Waals surface area contributed by atoms with Gasteiger partial charge in [-0.25, -0.2) is 0 Å². The first-order valence-corrected chi connectivity index (χ1v) is 5.64. The van der Waals surface area contributed by atoms with Crippen LogP contribution in [0, 0.1) is 0 Å². The van der Waals surface area contributed by atoms with Crippen molar-refractivity contribution < 1.29 is 14.6 Å². The van der Waals surface area contributed by atoms with Gasteiger partial charge in [-0.1, -0.05) is 6.92 Å². The lowest BCUT2D eigenvalue weighted by molar-refractivity contribution is -0.122. The number of aliphatic hydroxyl groups is 1. The third kappa shape index (κ3) is 7.62. The molecule has 2 N–H and O–H groups in total. The zero-order chi connectivity index (χ0) is 12.6. The minimum Gasteiger partial charge on any atom is -0.389 e. The number of ether oxygens (including phenoxy) is 1. The number of carbonyl (C=O) groups is 1. The van der Waals surface area contributed by atoms with Gasteiger partial charge in [0.05, 0.1) is 19.3 Å². The number of aliphatic hydroxyl groups excluding tert-OH is 1. The third-order valence-electron chi connectivity index (χ3n) is 2.31. The summed E-state index contributed by atoms with van der Waals surface area (Å²) in [6.07, 6.45) is 0.369. The maximum absolute atomic E-state index is 11.5. The summed E-state index contributed by atoms with van der Waals surface area (Å²) in [5, 5.41) is 12.3. The molecule has 0 heterocycles. The highest BCUT2D eigenvalue weighted by Crippen LogP contribution is 1.92. The van der Waals surface area contributed by atoms with Gasteiger partial charge < -0.3 is 15.2 Å². The molecule has 96 valence electrons. The van der Waals surface area contributed by atoms with Crippen LogP contribution in [0.15, 0.2) is 0 Å². The number of hydrogen-bond donors (Lipinski definition) is 2. The average Bonchev–Trinajstić information content (AvgIpc) is 2.16. The largest absolute Gasteiger partial charge is 0.389 e. The van der Waals surface area contributed by atoms with E-state index in [0.717, 1.165) is 6.42 Å². The molecule has 0 aliphatic rings. The van der Waals surface area contributed by atoms with Crippen LogP contribution in [0.2, 0.25) is 0 Å². The molecular weight excluding hydrogens is 208 g/mol. The number of likely N-dealkylation sites (N-methyl/N-ethyl adjacent to an activating group) is 1. The van der Waals surface area contributed by atoms with Gasteiger partial charge in [0, 0.05) is 19.7 Å². The number of rotatable bonds is 8. The smallest absolute Gasteiger partial charge is 0.234 e. The number of carbonyl (C=O) groups excluding carboxylic acids is 1. The van der Waals surface area contributed by atoms with Crippen molar-refractivity contribution in [3.05, 3.63) is 0 Å². The fourth-order valence-electron chi connectivity index (χ4n) is 1.34. The molecule has 0 radical (unpaired) electrons. The highest BCUT2D eigenvalue weighted by molar-refractivity contribution is 5.78. The van der Waals surface area contributed by atoms with Crippen LogP contribution in [0.4, 0.5) is 0 Å². The van der Waals surface area contributed by atoms with Gasteiger partial charge in [0.15, 0.2) is 0 Å². The summed E-state index contributed by atoms with van der Waals surface area (Å²) >= 11 is 0. The van der Waals surface area contributed by atoms with E-state index in [1.54, 1.807) is 19.1 Å². The second-order valence-corrected chi connectivity index (χ2v) is 4.18. The standard InChI is InChI=1S/C11H24N2O3/c1-5-9(2)12-11(15)7-13(3)6-10(14)8-16-4/h9-10,14H,5-8H2,1-4H3,(H,12,15). The molecule has 0 spiro atoms. The van der Waals surface area contributed by atoms with E-state index in [1.165, 1.54) is 0 Å². The lowest BCUT2D eigenvalue weighted by atomic mass is 10.2. The SMILES string of the molecule is CCC(C)NC(=O)CN(C)CC(O)COC. The minimum absolute atomic E-state index is 0.0125. The maximum Gasteiger partial charge on any atom is 0.234 e. The predicted octanol–water partition coefficient (Wildman–Crippen LogP) is -0.160. The van der Waals surface area contributed by atoms with E-state index in [-0.39, 0.29) is 18.6 Å². The lowest BCUT2D eigenvalue weighted by Crippen LogP contribution is -2.42. The van der Waals surface area contributed by atoms with Gasteiger partial charge >= 0.3 is 0 Å². The van der Waals surface area contributed by atoms with Crippen molar-refractivity contribution in [1.29, 1.82) is 0 Å². The molecule has 2 unspecified atom stereocenters. The van der Waals surface area contributed by atoms with Crippen LogP contribution in [0.5, 0.6) is 0 Å². The second kappa shape index (κ2) is 8.50. The first-order valence-electron chi connectivity index (χ1n) is 5.64. The molecule has 5 nitrogen and oxygen atoms in total. The Bertz CT molecular complexity index is 200. The summed E-state index contributed by atoms with van der Waals surface area (Å²) in [5.74, 6) is -0.0125. The van der Waals surface area contributed by atoms with Crippen LogP contribution >= 0.6 is 0 Å². The fourth-order valence-corrected chi connectivity index (χ4v) is 1.34. The Kier molecular flexibility index (Phi) is 8.15. The molecule has 0 aromatic rings. The van der Waals surface area contributed by atoms with E-state index in [9.17, 15) is 9.90 Å². The van der Waals surface area contributed by atoms with E-state index in [1.807, 2.05) is 13.8 Å². The van der Waals surface area contributed by atoms with Crippen molar-refractivity contribution in [3.63, 3.8) is 0 Å². The quantitative estimate of drug-likeness (QED) is 0.610. The van der Waals surface area contributed by atoms with Gasteiger partial charge in [0.1, 0.15) is 0 Å². The van der Waals surface area contributed by atoms with Crippen LogP contribution in [-0.4, -0.2) is 61.9 Å². The molecule has 16 heavy (non-hydrogen) atoms. The molecule has 0 fully saturated rings. The van der Waals surface area contributed by atoms with Gasteiger partial charge in [-0.2, -0.15) is 0 Å². The van der Waals surface area contributed by atoms with Crippen LogP contribution in [0.1, 0.15) is 20.3 Å². The minimum atomic E-state index is -0.550. The maximum atomic E-state index is 11.5. The summed E-state index contributed by atoms with van der Waals surface area (Å²) < 4.78 is 4.81. The highest BCUT2D eigenvalue weighted by atomic mass is 16.5. The van der Waals surface area contributed by atoms with E-state index in [0.29, 0.717) is 13.1 Å². The average molecular weight is 232 g/mol. The van der Waals surface area contributed by atoms with E-state index >= 15 is 0 Å². The van der Waals surface area contributed by atoms with Crippen LogP contribution in [0.3, 0.4) is 0 Å². The van der Waals surface area contributed by atoms with Crippen LogP contribution < -0.4 is 5.32 Å². The Morgan fingerprint density at radius 3 is 2.69 bits per heavy atom. The predicted molar refractivity (Wildman–Crippen MR) is 63.3 cm³/mol. The Morgan fingerprint density at radius 1 is 1.56 bits per heavy atom. The molecule has 0 saturated heterocycles. The zero-order valence-electron chi connectivity index (χ0n) is 10.7. The lowest BCUT2D eigenvalue weighted by Gasteiger charge is -2.20. The number of amides is 1. The molecule has 5 heteroatoms. The molecule has 0 bridgehead atoms. The number of nitrogens with zero attached hydrogens (tertiary/aromatic N) is 1. The highest BCUT2D eigenvalue weighted by Gasteiger charge is 2.12. The molecule has 0 aliphatic carbocycles. The zero-order valence-corrected chi connectivity index (χ0v) is 10.7. The molecule has 0 aromatic carbocycles. The Hall–Kier alpha value is -0.650. The van der Waals surface area contributed by atoms with Gasteiger partial charge in [-0.15, -0.1) is 0 Å². The Morgan fingerprint density at radius 2 is 2.19 bits per heavy atom. The summed E-state index contributed by atoms with van der Waals surface area (Å²) in [6, 6.07) is 0.199. The first kappa shape index (κ1) is 15.3. The van der Waals surface area contributed by atoms with Gasteiger partial charge in [-0.05, 0) is 20.4 Å². The fraction of sp³-hybridized carbons (Fsp3) is 0.909. The van der Waals surface area contributed by atoms with E-state index < -0.39 is 6.10 Å². The van der Waals surface area contributed by atoms with Crippen LogP contribution in [-0.2, 0) is 9.53 Å². The van der Waals surface area contributed by atoms with Crippen molar-refractivity contribution in [1.82, 2.24) is 10.2 Å². The van der Waals surface area contributed by atoms with Crippen LogP contribution in [0.25, 0.3) is 0 Å². The molecule has 2 atom stereocenters. The second-order valence-electron chi connectivity index (χ2n) is 4.18. The normalized spacial score (nSPS) is 14.9. The van der Waals surface area contributed by atoms with Crippen molar-refractivity contribution in [2.24, 2.45) is 0 Å². The molecule has 0 aromatic heterocycles. The Labute approximate surface area is 97.8 Å². The summed E-state index contributed by atoms with van der Waals surface area (Å²) in [5.41, 5.74) is 0. The van der Waals surface area contributed by atoms with Crippen molar-refractivity contribution in [3.8, 4) is 0 Å². The third-order valence-corrected chi connectivity index (χ3v) is 2.31. The monoisotopic (exact) mass is 232 g/mol. The van der Waals surface area contributed by atoms with Gasteiger partial charge in [0.25, 0.3) is 0 Å². The molecule has 0 aliphatic heterocycles. The van der Waals surface area contributed by atoms with Gasteiger partial charge in [-0.3, -0.25) is 9.69 Å². The van der Waals surface area contributed by atoms with Crippen molar-refractivity contribution in [2.75, 3.05) is 33.9 Å². The summed E-state index contributed by atoms with van der Waals surface area (Å²) in [6.45, 7) is 5.01. The Balaban J connectivity index is 3.77. The summed E-state index contributed by atoms with van der Waals surface area (Å²) in [7, 11) is 3.34. The van der Waals surface area contributed by atoms with E-state index in [2.05, 4.69) is 5.32 Å². The topological polar surface area (TPSA) is 61.8 Å². The molecule has 0 saturated carbocycles.